The standard InChI is InChI=1S/C38H45F2NO3/c1-34-15-11-27(42)22-36(34)18-19-38(28(23-36)33(43)26-9-10-29(39)30(40)21-26)31(34)12-16-35(2)32(38)13-17-37(35,44)24-41(3)20-14-25-7-5-4-6-8-25/h4-10,18-19,21,23,27,31-32,42,44H,11-17,20,22,24H2,1-3H3/t27?,31-,32-,34-,35+,36+,37-,38-/m1/s1. The van der Waals surface area contributed by atoms with Gasteiger partial charge in [0.05, 0.1) is 11.7 Å². The first-order chi connectivity index (χ1) is 20.9. The van der Waals surface area contributed by atoms with E-state index < -0.39 is 39.6 Å². The molecule has 2 N–H and O–H groups in total. The normalized spacial score (nSPS) is 40.4. The molecule has 2 aromatic rings. The zero-order valence-electron chi connectivity index (χ0n) is 26.2. The van der Waals surface area contributed by atoms with E-state index in [0.29, 0.717) is 25.0 Å². The summed E-state index contributed by atoms with van der Waals surface area (Å²) in [5, 5.41) is 23.4. The molecule has 8 atom stereocenters. The number of hydrogen-bond donors (Lipinski definition) is 2. The van der Waals surface area contributed by atoms with Crippen LogP contribution in [0.4, 0.5) is 8.78 Å². The van der Waals surface area contributed by atoms with Gasteiger partial charge in [-0.25, -0.2) is 8.78 Å². The number of likely N-dealkylation sites (N-methyl/N-ethyl adjacent to an activating group) is 1. The summed E-state index contributed by atoms with van der Waals surface area (Å²) in [6, 6.07) is 13.9. The molecule has 2 spiro atoms. The summed E-state index contributed by atoms with van der Waals surface area (Å²) in [4.78, 5) is 16.7. The lowest BCUT2D eigenvalue weighted by Gasteiger charge is -2.71. The van der Waals surface area contributed by atoms with Crippen molar-refractivity contribution in [1.82, 2.24) is 4.90 Å². The number of carbonyl (C=O) groups excluding carboxylic acids is 1. The summed E-state index contributed by atoms with van der Waals surface area (Å²) in [6.07, 6.45) is 12.4. The van der Waals surface area contributed by atoms with E-state index in [1.54, 1.807) is 0 Å². The molecule has 0 aromatic heterocycles. The molecule has 0 radical (unpaired) electrons. The number of halogens is 2. The first kappa shape index (κ1) is 30.0. The fraction of sp³-hybridized carbons (Fsp3) is 0.553. The van der Waals surface area contributed by atoms with E-state index in [1.165, 1.54) is 11.6 Å². The third-order valence-corrected chi connectivity index (χ3v) is 13.3. The van der Waals surface area contributed by atoms with Crippen LogP contribution in [0.1, 0.15) is 74.7 Å². The van der Waals surface area contributed by atoms with Crippen LogP contribution in [-0.2, 0) is 6.42 Å². The lowest BCUT2D eigenvalue weighted by Crippen LogP contribution is -2.67. The highest BCUT2D eigenvalue weighted by molar-refractivity contribution is 6.10. The van der Waals surface area contributed by atoms with Crippen LogP contribution in [0.25, 0.3) is 0 Å². The molecule has 3 fully saturated rings. The minimum Gasteiger partial charge on any atom is -0.393 e. The fourth-order valence-corrected chi connectivity index (χ4v) is 10.9. The average molecular weight is 602 g/mol. The molecule has 6 aliphatic rings. The number of benzene rings is 2. The highest BCUT2D eigenvalue weighted by Gasteiger charge is 2.74. The maximum Gasteiger partial charge on any atom is 0.189 e. The number of nitrogens with zero attached hydrogens (tertiary/aromatic N) is 1. The first-order valence-corrected chi connectivity index (χ1v) is 16.4. The van der Waals surface area contributed by atoms with Gasteiger partial charge in [-0.2, -0.15) is 0 Å². The summed E-state index contributed by atoms with van der Waals surface area (Å²) < 4.78 is 28.4. The Hall–Kier alpha value is -2.67. The van der Waals surface area contributed by atoms with Crippen LogP contribution in [0, 0.1) is 45.1 Å². The zero-order chi connectivity index (χ0) is 31.1. The van der Waals surface area contributed by atoms with Gasteiger partial charge in [0.2, 0.25) is 0 Å². The molecule has 0 heterocycles. The topological polar surface area (TPSA) is 60.8 Å². The summed E-state index contributed by atoms with van der Waals surface area (Å²) in [6.45, 7) is 5.97. The third kappa shape index (κ3) is 4.06. The fourth-order valence-electron chi connectivity index (χ4n) is 10.9. The van der Waals surface area contributed by atoms with Crippen molar-refractivity contribution in [2.45, 2.75) is 76.9 Å². The Morgan fingerprint density at radius 1 is 0.932 bits per heavy atom. The number of hydrogen-bond acceptors (Lipinski definition) is 4. The molecule has 6 aliphatic carbocycles. The van der Waals surface area contributed by atoms with Gasteiger partial charge in [-0.1, -0.05) is 62.4 Å². The second-order valence-corrected chi connectivity index (χ2v) is 15.2. The number of ketones is 1. The Balaban J connectivity index is 1.28. The van der Waals surface area contributed by atoms with Gasteiger partial charge in [-0.3, -0.25) is 4.79 Å². The molecular formula is C38H45F2NO3. The first-order valence-electron chi connectivity index (χ1n) is 16.4. The van der Waals surface area contributed by atoms with Crippen LogP contribution < -0.4 is 0 Å². The number of allylic oxidation sites excluding steroid dienone is 4. The summed E-state index contributed by atoms with van der Waals surface area (Å²) >= 11 is 0. The third-order valence-electron chi connectivity index (χ3n) is 13.3. The van der Waals surface area contributed by atoms with E-state index in [0.717, 1.165) is 57.2 Å². The summed E-state index contributed by atoms with van der Waals surface area (Å²) in [5.41, 5.74) is -0.530. The molecular weight excluding hydrogens is 556 g/mol. The van der Waals surface area contributed by atoms with Gasteiger partial charge in [-0.05, 0) is 99.4 Å². The Morgan fingerprint density at radius 3 is 2.39 bits per heavy atom. The Morgan fingerprint density at radius 2 is 1.64 bits per heavy atom. The molecule has 2 aromatic carbocycles. The van der Waals surface area contributed by atoms with E-state index >= 15 is 0 Å². The maximum absolute atomic E-state index is 14.5. The molecule has 1 unspecified atom stereocenters. The van der Waals surface area contributed by atoms with Gasteiger partial charge in [0.1, 0.15) is 0 Å². The highest BCUT2D eigenvalue weighted by atomic mass is 19.2. The predicted octanol–water partition coefficient (Wildman–Crippen LogP) is 6.91. The van der Waals surface area contributed by atoms with Crippen molar-refractivity contribution in [2.75, 3.05) is 20.1 Å². The number of rotatable bonds is 7. The molecule has 0 saturated heterocycles. The largest absolute Gasteiger partial charge is 0.393 e. The molecule has 3 saturated carbocycles. The highest BCUT2D eigenvalue weighted by Crippen LogP contribution is 2.78. The zero-order valence-corrected chi connectivity index (χ0v) is 26.2. The van der Waals surface area contributed by atoms with E-state index in [1.807, 2.05) is 6.07 Å². The van der Waals surface area contributed by atoms with Crippen LogP contribution in [-0.4, -0.2) is 52.7 Å². The second kappa shape index (κ2) is 10.2. The van der Waals surface area contributed by atoms with E-state index in [9.17, 15) is 23.8 Å². The van der Waals surface area contributed by atoms with E-state index in [2.05, 4.69) is 68.3 Å². The number of carbonyl (C=O) groups is 1. The van der Waals surface area contributed by atoms with Gasteiger partial charge in [0.15, 0.2) is 17.4 Å². The number of aliphatic hydroxyl groups is 2. The van der Waals surface area contributed by atoms with Gasteiger partial charge >= 0.3 is 0 Å². The minimum absolute atomic E-state index is 0.0139. The number of fused-ring (bicyclic) bond motifs is 1. The van der Waals surface area contributed by atoms with Crippen molar-refractivity contribution >= 4 is 5.78 Å². The van der Waals surface area contributed by atoms with Crippen LogP contribution in [0.15, 0.2) is 72.3 Å². The van der Waals surface area contributed by atoms with Gasteiger partial charge in [-0.15, -0.1) is 0 Å². The van der Waals surface area contributed by atoms with Gasteiger partial charge < -0.3 is 15.1 Å². The smallest absolute Gasteiger partial charge is 0.189 e. The molecule has 2 bridgehead atoms. The molecule has 234 valence electrons. The lowest BCUT2D eigenvalue weighted by atomic mass is 9.32. The molecule has 4 nitrogen and oxygen atoms in total. The monoisotopic (exact) mass is 601 g/mol. The van der Waals surface area contributed by atoms with Gasteiger partial charge in [0.25, 0.3) is 0 Å². The maximum atomic E-state index is 14.5. The quantitative estimate of drug-likeness (QED) is 0.267. The number of Topliss-reactive ketones (excluding diaryl/α,β-unsaturated/α-hetero) is 1. The Kier molecular flexibility index (Phi) is 6.93. The lowest BCUT2D eigenvalue weighted by molar-refractivity contribution is -0.175. The van der Waals surface area contributed by atoms with Crippen LogP contribution in [0.5, 0.6) is 0 Å². The van der Waals surface area contributed by atoms with E-state index in [-0.39, 0.29) is 28.6 Å². The number of aliphatic hydroxyl groups excluding tert-OH is 1. The van der Waals surface area contributed by atoms with Crippen molar-refractivity contribution < 1.29 is 23.8 Å². The minimum atomic E-state index is -1.03. The van der Waals surface area contributed by atoms with Crippen molar-refractivity contribution in [2.24, 2.45) is 33.5 Å². The summed E-state index contributed by atoms with van der Waals surface area (Å²) in [7, 11) is 2.09. The van der Waals surface area contributed by atoms with Crippen molar-refractivity contribution in [3.05, 3.63) is 95.1 Å². The SMILES string of the molecule is CN(CCc1ccccc1)C[C@]1(O)CC[C@H]2[C@]34C=C[C@@]5(C=C3C(=O)c3ccc(F)c(F)c3)CC(O)CC[C@]5(C)[C@H]4CC[C@@]21C. The molecule has 44 heavy (non-hydrogen) atoms. The molecule has 6 heteroatoms. The van der Waals surface area contributed by atoms with Crippen LogP contribution in [0.2, 0.25) is 0 Å². The van der Waals surface area contributed by atoms with Crippen LogP contribution in [0.3, 0.4) is 0 Å². The van der Waals surface area contributed by atoms with Crippen LogP contribution >= 0.6 is 0 Å². The van der Waals surface area contributed by atoms with Crippen molar-refractivity contribution in [3.63, 3.8) is 0 Å². The molecule has 0 aliphatic heterocycles. The molecule has 8 rings (SSSR count). The van der Waals surface area contributed by atoms with Crippen molar-refractivity contribution in [1.29, 1.82) is 0 Å². The Bertz CT molecular complexity index is 1540. The van der Waals surface area contributed by atoms with E-state index in [4.69, 9.17) is 0 Å². The second-order valence-electron chi connectivity index (χ2n) is 15.2. The summed E-state index contributed by atoms with van der Waals surface area (Å²) in [5.74, 6) is -2.10. The van der Waals surface area contributed by atoms with Crippen molar-refractivity contribution in [3.8, 4) is 0 Å². The van der Waals surface area contributed by atoms with Gasteiger partial charge in [0, 0.05) is 40.5 Å². The predicted molar refractivity (Wildman–Crippen MR) is 167 cm³/mol. The Labute approximate surface area is 259 Å². The molecule has 0 amide bonds. The average Bonchev–Trinajstić information content (AvgIpc) is 3.27.